The molecule has 2 aliphatic heterocycles. The standard InChI is InChI=1S/C14H21N3O4S2/c1-21-14(18)13-12(3-9-22-13)23(19,20)17-7-5-16(6-8-17)11-2-4-15-10-11/h3,9,11,15H,2,4-8,10H2,1H3. The molecule has 7 nitrogen and oxygen atoms in total. The third-order valence-corrected chi connectivity index (χ3v) is 7.41. The van der Waals surface area contributed by atoms with Gasteiger partial charge in [-0.1, -0.05) is 0 Å². The summed E-state index contributed by atoms with van der Waals surface area (Å²) < 4.78 is 31.8. The summed E-state index contributed by atoms with van der Waals surface area (Å²) in [6.07, 6.45) is 1.11. The van der Waals surface area contributed by atoms with Crippen LogP contribution >= 0.6 is 11.3 Å². The minimum absolute atomic E-state index is 0.0605. The monoisotopic (exact) mass is 359 g/mol. The van der Waals surface area contributed by atoms with Gasteiger partial charge in [-0.15, -0.1) is 11.3 Å². The van der Waals surface area contributed by atoms with Gasteiger partial charge in [0, 0.05) is 38.8 Å². The lowest BCUT2D eigenvalue weighted by atomic mass is 10.2. The molecule has 1 N–H and O–H groups in total. The average Bonchev–Trinajstić information content (AvgIpc) is 3.25. The maximum Gasteiger partial charge on any atom is 0.349 e. The highest BCUT2D eigenvalue weighted by Gasteiger charge is 2.34. The van der Waals surface area contributed by atoms with Gasteiger partial charge in [0.05, 0.1) is 7.11 Å². The maximum absolute atomic E-state index is 12.8. The van der Waals surface area contributed by atoms with Crippen molar-refractivity contribution in [3.05, 3.63) is 16.3 Å². The molecular weight excluding hydrogens is 338 g/mol. The predicted octanol–water partition coefficient (Wildman–Crippen LogP) is 0.203. The first kappa shape index (κ1) is 16.8. The summed E-state index contributed by atoms with van der Waals surface area (Å²) in [5.41, 5.74) is 0. The second-order valence-electron chi connectivity index (χ2n) is 5.69. The van der Waals surface area contributed by atoms with E-state index in [0.717, 1.165) is 43.9 Å². The van der Waals surface area contributed by atoms with Gasteiger partial charge in [0.2, 0.25) is 10.0 Å². The molecule has 128 valence electrons. The van der Waals surface area contributed by atoms with Crippen molar-refractivity contribution in [1.82, 2.24) is 14.5 Å². The summed E-state index contributed by atoms with van der Waals surface area (Å²) >= 11 is 1.09. The van der Waals surface area contributed by atoms with Crippen LogP contribution in [0.1, 0.15) is 16.1 Å². The van der Waals surface area contributed by atoms with E-state index in [1.165, 1.54) is 17.5 Å². The van der Waals surface area contributed by atoms with Gasteiger partial charge in [-0.3, -0.25) is 4.90 Å². The lowest BCUT2D eigenvalue weighted by Crippen LogP contribution is -2.52. The number of hydrogen-bond donors (Lipinski definition) is 1. The number of thiophene rings is 1. The van der Waals surface area contributed by atoms with Crippen LogP contribution in [0.15, 0.2) is 16.3 Å². The summed E-state index contributed by atoms with van der Waals surface area (Å²) in [6, 6.07) is 1.99. The third-order valence-electron chi connectivity index (χ3n) is 4.44. The molecule has 0 amide bonds. The Hall–Kier alpha value is -1.00. The van der Waals surface area contributed by atoms with Crippen LogP contribution in [-0.2, 0) is 14.8 Å². The van der Waals surface area contributed by atoms with E-state index in [4.69, 9.17) is 0 Å². The zero-order valence-corrected chi connectivity index (χ0v) is 14.7. The van der Waals surface area contributed by atoms with Crippen molar-refractivity contribution < 1.29 is 17.9 Å². The van der Waals surface area contributed by atoms with Gasteiger partial charge in [0.15, 0.2) is 0 Å². The van der Waals surface area contributed by atoms with Gasteiger partial charge in [0.1, 0.15) is 9.77 Å². The number of nitrogens with one attached hydrogen (secondary N) is 1. The van der Waals surface area contributed by atoms with E-state index in [0.29, 0.717) is 19.1 Å². The van der Waals surface area contributed by atoms with Crippen molar-refractivity contribution in [3.63, 3.8) is 0 Å². The van der Waals surface area contributed by atoms with E-state index in [1.54, 1.807) is 5.38 Å². The van der Waals surface area contributed by atoms with Gasteiger partial charge in [-0.25, -0.2) is 13.2 Å². The highest BCUT2D eigenvalue weighted by molar-refractivity contribution is 7.89. The first-order valence-corrected chi connectivity index (χ1v) is 9.96. The molecule has 23 heavy (non-hydrogen) atoms. The SMILES string of the molecule is COC(=O)c1sccc1S(=O)(=O)N1CCN(C2CCNC2)CC1. The number of sulfonamides is 1. The highest BCUT2D eigenvalue weighted by Crippen LogP contribution is 2.27. The molecule has 0 spiro atoms. The minimum Gasteiger partial charge on any atom is -0.465 e. The lowest BCUT2D eigenvalue weighted by molar-refractivity contribution is 0.0602. The second kappa shape index (κ2) is 6.86. The second-order valence-corrected chi connectivity index (χ2v) is 8.51. The fourth-order valence-corrected chi connectivity index (χ4v) is 5.87. The van der Waals surface area contributed by atoms with Crippen LogP contribution in [-0.4, -0.2) is 76.0 Å². The number of methoxy groups -OCH3 is 1. The van der Waals surface area contributed by atoms with Gasteiger partial charge < -0.3 is 10.1 Å². The Morgan fingerprint density at radius 2 is 2.09 bits per heavy atom. The van der Waals surface area contributed by atoms with E-state index in [-0.39, 0.29) is 9.77 Å². The number of hydrogen-bond acceptors (Lipinski definition) is 7. The van der Waals surface area contributed by atoms with Crippen molar-refractivity contribution in [2.75, 3.05) is 46.4 Å². The van der Waals surface area contributed by atoms with Crippen molar-refractivity contribution in [2.45, 2.75) is 17.4 Å². The number of nitrogens with zero attached hydrogens (tertiary/aromatic N) is 2. The Morgan fingerprint density at radius 1 is 1.35 bits per heavy atom. The molecule has 1 aromatic heterocycles. The first-order valence-electron chi connectivity index (χ1n) is 7.65. The van der Waals surface area contributed by atoms with Crippen LogP contribution < -0.4 is 5.32 Å². The molecule has 1 unspecified atom stereocenters. The van der Waals surface area contributed by atoms with E-state index in [1.807, 2.05) is 0 Å². The largest absolute Gasteiger partial charge is 0.465 e. The highest BCUT2D eigenvalue weighted by atomic mass is 32.2. The fraction of sp³-hybridized carbons (Fsp3) is 0.643. The molecule has 1 aromatic rings. The molecule has 0 aromatic carbocycles. The summed E-state index contributed by atoms with van der Waals surface area (Å²) in [7, 11) is -2.39. The van der Waals surface area contributed by atoms with Crippen LogP contribution in [0.2, 0.25) is 0 Å². The summed E-state index contributed by atoms with van der Waals surface area (Å²) in [4.78, 5) is 14.3. The van der Waals surface area contributed by atoms with E-state index in [2.05, 4.69) is 15.0 Å². The molecule has 0 aliphatic carbocycles. The van der Waals surface area contributed by atoms with E-state index >= 15 is 0 Å². The van der Waals surface area contributed by atoms with Crippen molar-refractivity contribution in [1.29, 1.82) is 0 Å². The molecule has 9 heteroatoms. The molecule has 2 fully saturated rings. The Kier molecular flexibility index (Phi) is 5.02. The average molecular weight is 359 g/mol. The summed E-state index contributed by atoms with van der Waals surface area (Å²) in [5.74, 6) is -0.603. The molecule has 3 rings (SSSR count). The van der Waals surface area contributed by atoms with E-state index in [9.17, 15) is 13.2 Å². The number of carbonyl (C=O) groups excluding carboxylic acids is 1. The maximum atomic E-state index is 12.8. The number of ether oxygens (including phenoxy) is 1. The molecule has 0 bridgehead atoms. The lowest BCUT2D eigenvalue weighted by Gasteiger charge is -2.37. The van der Waals surface area contributed by atoms with Crippen LogP contribution in [0.4, 0.5) is 0 Å². The Labute approximate surface area is 140 Å². The number of piperazine rings is 1. The minimum atomic E-state index is -3.65. The molecule has 1 atom stereocenters. The quantitative estimate of drug-likeness (QED) is 0.774. The normalized spacial score (nSPS) is 24.0. The summed E-state index contributed by atoms with van der Waals surface area (Å²) in [5, 5.41) is 4.95. The van der Waals surface area contributed by atoms with Gasteiger partial charge in [-0.2, -0.15) is 4.31 Å². The van der Waals surface area contributed by atoms with Crippen LogP contribution in [0.5, 0.6) is 0 Å². The molecule has 3 heterocycles. The van der Waals surface area contributed by atoms with Gasteiger partial charge >= 0.3 is 5.97 Å². The topological polar surface area (TPSA) is 79.0 Å². The van der Waals surface area contributed by atoms with Crippen LogP contribution in [0, 0.1) is 0 Å². The molecular formula is C14H21N3O4S2. The zero-order chi connectivity index (χ0) is 16.4. The Bertz CT molecular complexity index is 659. The number of esters is 1. The van der Waals surface area contributed by atoms with Crippen molar-refractivity contribution >= 4 is 27.3 Å². The van der Waals surface area contributed by atoms with Crippen molar-refractivity contribution in [3.8, 4) is 0 Å². The third kappa shape index (κ3) is 3.29. The molecule has 0 saturated carbocycles. The number of carbonyl (C=O) groups is 1. The summed E-state index contributed by atoms with van der Waals surface area (Å²) in [6.45, 7) is 4.36. The molecule has 0 radical (unpaired) electrons. The first-order chi connectivity index (χ1) is 11.0. The Morgan fingerprint density at radius 3 is 2.70 bits per heavy atom. The van der Waals surface area contributed by atoms with E-state index < -0.39 is 16.0 Å². The Balaban J connectivity index is 1.72. The molecule has 2 saturated heterocycles. The zero-order valence-electron chi connectivity index (χ0n) is 13.0. The van der Waals surface area contributed by atoms with Crippen LogP contribution in [0.25, 0.3) is 0 Å². The van der Waals surface area contributed by atoms with Crippen LogP contribution in [0.3, 0.4) is 0 Å². The van der Waals surface area contributed by atoms with Gasteiger partial charge in [-0.05, 0) is 24.4 Å². The predicted molar refractivity (Wildman–Crippen MR) is 87.3 cm³/mol. The smallest absolute Gasteiger partial charge is 0.349 e. The molecule has 2 aliphatic rings. The number of rotatable bonds is 4. The fourth-order valence-electron chi connectivity index (χ4n) is 3.14. The van der Waals surface area contributed by atoms with Gasteiger partial charge in [0.25, 0.3) is 0 Å². The van der Waals surface area contributed by atoms with Crippen molar-refractivity contribution in [2.24, 2.45) is 0 Å².